The molecule has 0 aliphatic rings. The minimum atomic E-state index is 0.597. The van der Waals surface area contributed by atoms with Crippen molar-refractivity contribution in [3.63, 3.8) is 0 Å². The first-order valence-electron chi connectivity index (χ1n) is 8.19. The summed E-state index contributed by atoms with van der Waals surface area (Å²) >= 11 is 3.42. The van der Waals surface area contributed by atoms with E-state index in [4.69, 9.17) is 4.74 Å². The molecule has 0 atom stereocenters. The van der Waals surface area contributed by atoms with E-state index in [1.807, 2.05) is 50.5 Å². The molecule has 0 aliphatic heterocycles. The zero-order chi connectivity index (χ0) is 18.7. The molecule has 3 rings (SSSR count). The van der Waals surface area contributed by atoms with Crippen LogP contribution in [0.25, 0.3) is 22.4 Å². The average molecular weight is 407 g/mol. The van der Waals surface area contributed by atoms with E-state index >= 15 is 0 Å². The lowest BCUT2D eigenvalue weighted by Gasteiger charge is -2.15. The smallest absolute Gasteiger partial charge is 0.133 e. The molecule has 0 saturated carbocycles. The summed E-state index contributed by atoms with van der Waals surface area (Å²) in [6.45, 7) is 0. The van der Waals surface area contributed by atoms with Crippen molar-refractivity contribution in [3.8, 4) is 11.8 Å². The molecule has 0 fully saturated rings. The molecule has 0 N–H and O–H groups in total. The molecule has 3 aromatic carbocycles. The molecule has 0 unspecified atom stereocenters. The number of anilines is 1. The van der Waals surface area contributed by atoms with Crippen LogP contribution in [0.15, 0.2) is 59.1 Å². The molecule has 0 radical (unpaired) electrons. The van der Waals surface area contributed by atoms with Crippen LogP contribution >= 0.6 is 15.9 Å². The Labute approximate surface area is 162 Å². The second-order valence-electron chi connectivity index (χ2n) is 6.16. The minimum absolute atomic E-state index is 0.597. The third kappa shape index (κ3) is 3.58. The van der Waals surface area contributed by atoms with Crippen molar-refractivity contribution in [2.45, 2.75) is 0 Å². The SMILES string of the molecule is COc1c(/C=C(\C#N)c2ccc(Br)cc2)ccc2cc(N(C)C)ccc12. The molecular weight excluding hydrogens is 388 g/mol. The van der Waals surface area contributed by atoms with E-state index in [2.05, 4.69) is 51.2 Å². The second kappa shape index (κ2) is 7.63. The number of ether oxygens (including phenoxy) is 1. The summed E-state index contributed by atoms with van der Waals surface area (Å²) in [5, 5.41) is 11.7. The summed E-state index contributed by atoms with van der Waals surface area (Å²) in [4.78, 5) is 2.07. The van der Waals surface area contributed by atoms with Crippen molar-refractivity contribution in [2.24, 2.45) is 0 Å². The van der Waals surface area contributed by atoms with Crippen molar-refractivity contribution in [2.75, 3.05) is 26.1 Å². The largest absolute Gasteiger partial charge is 0.495 e. The zero-order valence-corrected chi connectivity index (χ0v) is 16.5. The topological polar surface area (TPSA) is 36.3 Å². The Morgan fingerprint density at radius 1 is 1.08 bits per heavy atom. The molecule has 0 aliphatic carbocycles. The second-order valence-corrected chi connectivity index (χ2v) is 7.08. The summed E-state index contributed by atoms with van der Waals surface area (Å²) in [6.07, 6.45) is 1.88. The number of hydrogen-bond acceptors (Lipinski definition) is 3. The molecule has 0 bridgehead atoms. The number of nitrogens with zero attached hydrogens (tertiary/aromatic N) is 2. The number of fused-ring (bicyclic) bond motifs is 1. The first-order chi connectivity index (χ1) is 12.5. The summed E-state index contributed by atoms with van der Waals surface area (Å²) < 4.78 is 6.67. The highest BCUT2D eigenvalue weighted by Crippen LogP contribution is 2.34. The maximum atomic E-state index is 9.61. The first kappa shape index (κ1) is 18.0. The summed E-state index contributed by atoms with van der Waals surface area (Å²) in [5.74, 6) is 0.776. The van der Waals surface area contributed by atoms with Gasteiger partial charge in [0.2, 0.25) is 0 Å². The van der Waals surface area contributed by atoms with Crippen LogP contribution in [0.4, 0.5) is 5.69 Å². The highest BCUT2D eigenvalue weighted by Gasteiger charge is 2.10. The molecule has 130 valence electrons. The zero-order valence-electron chi connectivity index (χ0n) is 15.0. The summed E-state index contributed by atoms with van der Waals surface area (Å²) in [6, 6.07) is 20.3. The highest BCUT2D eigenvalue weighted by atomic mass is 79.9. The van der Waals surface area contributed by atoms with Crippen molar-refractivity contribution in [1.29, 1.82) is 5.26 Å². The van der Waals surface area contributed by atoms with Crippen LogP contribution in [-0.2, 0) is 0 Å². The fourth-order valence-corrected chi connectivity index (χ4v) is 3.15. The maximum absolute atomic E-state index is 9.61. The number of halogens is 1. The van der Waals surface area contributed by atoms with Gasteiger partial charge in [0.15, 0.2) is 0 Å². The molecule has 0 heterocycles. The predicted octanol–water partition coefficient (Wildman–Crippen LogP) is 5.74. The van der Waals surface area contributed by atoms with Crippen LogP contribution < -0.4 is 9.64 Å². The van der Waals surface area contributed by atoms with Crippen molar-refractivity contribution in [1.82, 2.24) is 0 Å². The standard InChI is InChI=1S/C22H19BrN2O/c1-25(2)20-10-11-21-16(13-20)4-5-17(22(21)26-3)12-18(14-24)15-6-8-19(23)9-7-15/h4-13H,1-3H3/b18-12+. The van der Waals surface area contributed by atoms with Gasteiger partial charge in [-0.05, 0) is 47.4 Å². The van der Waals surface area contributed by atoms with Gasteiger partial charge < -0.3 is 9.64 Å². The molecule has 26 heavy (non-hydrogen) atoms. The third-order valence-electron chi connectivity index (χ3n) is 4.28. The highest BCUT2D eigenvalue weighted by molar-refractivity contribution is 9.10. The fraction of sp³-hybridized carbons (Fsp3) is 0.136. The van der Waals surface area contributed by atoms with Gasteiger partial charge in [0.05, 0.1) is 18.8 Å². The van der Waals surface area contributed by atoms with Gasteiger partial charge >= 0.3 is 0 Å². The lowest BCUT2D eigenvalue weighted by molar-refractivity contribution is 0.419. The summed E-state index contributed by atoms with van der Waals surface area (Å²) in [7, 11) is 5.71. The Bertz CT molecular complexity index is 1010. The molecule has 3 aromatic rings. The van der Waals surface area contributed by atoms with Gasteiger partial charge in [-0.2, -0.15) is 5.26 Å². The van der Waals surface area contributed by atoms with Gasteiger partial charge in [0, 0.05) is 35.2 Å². The van der Waals surface area contributed by atoms with E-state index in [0.717, 1.165) is 37.8 Å². The van der Waals surface area contributed by atoms with E-state index in [0.29, 0.717) is 5.57 Å². The monoisotopic (exact) mass is 406 g/mol. The Morgan fingerprint density at radius 3 is 2.42 bits per heavy atom. The van der Waals surface area contributed by atoms with Gasteiger partial charge in [-0.1, -0.05) is 40.2 Å². The molecular formula is C22H19BrN2O. The number of nitriles is 1. The Hall–Kier alpha value is -2.77. The van der Waals surface area contributed by atoms with Crippen LogP contribution in [0.2, 0.25) is 0 Å². The number of methoxy groups -OCH3 is 1. The fourth-order valence-electron chi connectivity index (χ4n) is 2.89. The van der Waals surface area contributed by atoms with Gasteiger partial charge in [0.25, 0.3) is 0 Å². The quantitative estimate of drug-likeness (QED) is 0.409. The van der Waals surface area contributed by atoms with Crippen LogP contribution in [0.1, 0.15) is 11.1 Å². The van der Waals surface area contributed by atoms with Crippen LogP contribution in [0.5, 0.6) is 5.75 Å². The van der Waals surface area contributed by atoms with Gasteiger partial charge in [-0.25, -0.2) is 0 Å². The van der Waals surface area contributed by atoms with Crippen molar-refractivity contribution in [3.05, 3.63) is 70.2 Å². The van der Waals surface area contributed by atoms with Crippen molar-refractivity contribution < 1.29 is 4.74 Å². The van der Waals surface area contributed by atoms with Crippen molar-refractivity contribution >= 4 is 44.0 Å². The number of allylic oxidation sites excluding steroid dienone is 1. The molecule has 0 saturated heterocycles. The molecule has 4 heteroatoms. The van der Waals surface area contributed by atoms with Crippen LogP contribution in [0, 0.1) is 11.3 Å². The molecule has 3 nitrogen and oxygen atoms in total. The first-order valence-corrected chi connectivity index (χ1v) is 8.98. The van der Waals surface area contributed by atoms with Gasteiger partial charge in [-0.3, -0.25) is 0 Å². The maximum Gasteiger partial charge on any atom is 0.133 e. The number of benzene rings is 3. The summed E-state index contributed by atoms with van der Waals surface area (Å²) in [5.41, 5.74) is 3.49. The Kier molecular flexibility index (Phi) is 5.29. The lowest BCUT2D eigenvalue weighted by Crippen LogP contribution is -2.08. The number of hydrogen-bond donors (Lipinski definition) is 0. The van der Waals surface area contributed by atoms with E-state index in [1.54, 1.807) is 7.11 Å². The molecule has 0 amide bonds. The molecule has 0 aromatic heterocycles. The van der Waals surface area contributed by atoms with Gasteiger partial charge in [-0.15, -0.1) is 0 Å². The van der Waals surface area contributed by atoms with E-state index in [9.17, 15) is 5.26 Å². The third-order valence-corrected chi connectivity index (χ3v) is 4.81. The lowest BCUT2D eigenvalue weighted by atomic mass is 10.00. The minimum Gasteiger partial charge on any atom is -0.495 e. The van der Waals surface area contributed by atoms with E-state index in [-0.39, 0.29) is 0 Å². The Balaban J connectivity index is 2.13. The predicted molar refractivity (Wildman–Crippen MR) is 112 cm³/mol. The van der Waals surface area contributed by atoms with Crippen LogP contribution in [-0.4, -0.2) is 21.2 Å². The van der Waals surface area contributed by atoms with E-state index in [1.165, 1.54) is 0 Å². The number of rotatable bonds is 4. The molecule has 0 spiro atoms. The Morgan fingerprint density at radius 2 is 1.81 bits per heavy atom. The van der Waals surface area contributed by atoms with E-state index < -0.39 is 0 Å². The van der Waals surface area contributed by atoms with Crippen LogP contribution in [0.3, 0.4) is 0 Å². The van der Waals surface area contributed by atoms with Gasteiger partial charge in [0.1, 0.15) is 5.75 Å². The normalized spacial score (nSPS) is 11.3. The average Bonchev–Trinajstić information content (AvgIpc) is 2.66.